The van der Waals surface area contributed by atoms with Crippen molar-refractivity contribution < 1.29 is 9.18 Å². The Kier molecular flexibility index (Phi) is 3.46. The van der Waals surface area contributed by atoms with Crippen molar-refractivity contribution in [3.63, 3.8) is 0 Å². The van der Waals surface area contributed by atoms with Crippen LogP contribution < -0.4 is 4.90 Å². The van der Waals surface area contributed by atoms with E-state index < -0.39 is 0 Å². The Bertz CT molecular complexity index is 426. The summed E-state index contributed by atoms with van der Waals surface area (Å²) < 4.78 is 13.9. The molecule has 0 saturated heterocycles. The van der Waals surface area contributed by atoms with Crippen LogP contribution in [0, 0.1) is 11.7 Å². The predicted molar refractivity (Wildman–Crippen MR) is 67.0 cm³/mol. The predicted octanol–water partition coefficient (Wildman–Crippen LogP) is 3.26. The van der Waals surface area contributed by atoms with Crippen LogP contribution in [0.15, 0.2) is 18.2 Å². The van der Waals surface area contributed by atoms with Gasteiger partial charge in [0.15, 0.2) is 5.78 Å². The fourth-order valence-electron chi connectivity index (χ4n) is 1.99. The average Bonchev–Trinajstić information content (AvgIpc) is 3.10. The minimum atomic E-state index is -0.291. The van der Waals surface area contributed by atoms with Crippen LogP contribution in [-0.2, 0) is 0 Å². The molecule has 0 amide bonds. The zero-order valence-corrected chi connectivity index (χ0v) is 10.4. The molecule has 0 unspecified atom stereocenters. The van der Waals surface area contributed by atoms with Gasteiger partial charge in [0.2, 0.25) is 0 Å². The molecule has 0 aliphatic heterocycles. The first kappa shape index (κ1) is 12.1. The average molecular weight is 235 g/mol. The van der Waals surface area contributed by atoms with Crippen LogP contribution in [0.5, 0.6) is 0 Å². The van der Waals surface area contributed by atoms with Gasteiger partial charge in [0.25, 0.3) is 0 Å². The molecule has 0 aromatic heterocycles. The van der Waals surface area contributed by atoms with E-state index in [1.54, 1.807) is 12.1 Å². The molecule has 3 heteroatoms. The molecule has 2 nitrogen and oxygen atoms in total. The topological polar surface area (TPSA) is 20.3 Å². The normalized spacial score (nSPS) is 14.8. The van der Waals surface area contributed by atoms with Gasteiger partial charge in [0, 0.05) is 18.7 Å². The molecule has 1 aromatic rings. The largest absolute Gasteiger partial charge is 0.369 e. The van der Waals surface area contributed by atoms with Crippen molar-refractivity contribution in [1.82, 2.24) is 0 Å². The Morgan fingerprint density at radius 2 is 2.18 bits per heavy atom. The van der Waals surface area contributed by atoms with E-state index in [4.69, 9.17) is 0 Å². The minimum absolute atomic E-state index is 0.0966. The Balaban J connectivity index is 2.20. The van der Waals surface area contributed by atoms with Crippen LogP contribution in [-0.4, -0.2) is 18.9 Å². The fraction of sp³-hybridized carbons (Fsp3) is 0.500. The second kappa shape index (κ2) is 4.86. The minimum Gasteiger partial charge on any atom is -0.369 e. The van der Waals surface area contributed by atoms with Gasteiger partial charge in [-0.15, -0.1) is 0 Å². The van der Waals surface area contributed by atoms with E-state index in [-0.39, 0.29) is 11.6 Å². The first-order valence-electron chi connectivity index (χ1n) is 6.17. The highest BCUT2D eigenvalue weighted by atomic mass is 19.1. The number of carbonyl (C=O) groups excluding carboxylic acids is 1. The second-order valence-electron chi connectivity index (χ2n) is 4.70. The van der Waals surface area contributed by atoms with E-state index in [0.29, 0.717) is 11.3 Å². The molecule has 1 aromatic carbocycles. The summed E-state index contributed by atoms with van der Waals surface area (Å²) >= 11 is 0. The lowest BCUT2D eigenvalue weighted by Gasteiger charge is -2.23. The van der Waals surface area contributed by atoms with Gasteiger partial charge in [0.1, 0.15) is 5.82 Å². The molecular weight excluding hydrogens is 217 g/mol. The molecule has 2 rings (SSSR count). The summed E-state index contributed by atoms with van der Waals surface area (Å²) in [6.45, 7) is 5.20. The lowest BCUT2D eigenvalue weighted by molar-refractivity contribution is 0.101. The van der Waals surface area contributed by atoms with Gasteiger partial charge in [-0.1, -0.05) is 0 Å². The standard InChI is InChI=1S/C14H18FNO/c1-3-16(9-11-4-5-11)14-7-6-12(10(2)17)8-13(14)15/h6-8,11H,3-5,9H2,1-2H3. The third-order valence-corrected chi connectivity index (χ3v) is 3.25. The van der Waals surface area contributed by atoms with E-state index in [9.17, 15) is 9.18 Å². The van der Waals surface area contributed by atoms with Crippen LogP contribution in [0.4, 0.5) is 10.1 Å². The van der Waals surface area contributed by atoms with Crippen molar-refractivity contribution >= 4 is 11.5 Å². The quantitative estimate of drug-likeness (QED) is 0.730. The van der Waals surface area contributed by atoms with Crippen LogP contribution >= 0.6 is 0 Å². The first-order valence-corrected chi connectivity index (χ1v) is 6.17. The maximum atomic E-state index is 13.9. The molecule has 1 fully saturated rings. The van der Waals surface area contributed by atoms with Crippen LogP contribution in [0.3, 0.4) is 0 Å². The molecule has 1 aliphatic rings. The number of Topliss-reactive ketones (excluding diaryl/α,β-unsaturated/α-hetero) is 1. The van der Waals surface area contributed by atoms with Gasteiger partial charge in [-0.05, 0) is 50.8 Å². The van der Waals surface area contributed by atoms with Crippen molar-refractivity contribution in [2.24, 2.45) is 5.92 Å². The Morgan fingerprint density at radius 1 is 1.47 bits per heavy atom. The molecule has 0 atom stereocenters. The number of nitrogens with zero attached hydrogens (tertiary/aromatic N) is 1. The van der Waals surface area contributed by atoms with E-state index in [2.05, 4.69) is 4.90 Å². The molecule has 0 bridgehead atoms. The van der Waals surface area contributed by atoms with Crippen molar-refractivity contribution in [3.8, 4) is 0 Å². The van der Waals surface area contributed by atoms with Gasteiger partial charge >= 0.3 is 0 Å². The highest BCUT2D eigenvalue weighted by Crippen LogP contribution is 2.32. The molecular formula is C14H18FNO. The van der Waals surface area contributed by atoms with E-state index in [0.717, 1.165) is 19.0 Å². The van der Waals surface area contributed by atoms with E-state index in [1.807, 2.05) is 6.92 Å². The smallest absolute Gasteiger partial charge is 0.159 e. The molecule has 0 N–H and O–H groups in total. The fourth-order valence-corrected chi connectivity index (χ4v) is 1.99. The molecule has 0 spiro atoms. The Hall–Kier alpha value is -1.38. The number of benzene rings is 1. The summed E-state index contributed by atoms with van der Waals surface area (Å²) in [4.78, 5) is 13.2. The summed E-state index contributed by atoms with van der Waals surface area (Å²) in [6.07, 6.45) is 2.51. The third-order valence-electron chi connectivity index (χ3n) is 3.25. The second-order valence-corrected chi connectivity index (χ2v) is 4.70. The Labute approximate surface area is 101 Å². The Morgan fingerprint density at radius 3 is 2.65 bits per heavy atom. The highest BCUT2D eigenvalue weighted by Gasteiger charge is 2.25. The number of hydrogen-bond acceptors (Lipinski definition) is 2. The SMILES string of the molecule is CCN(CC1CC1)c1ccc(C(C)=O)cc1F. The summed E-state index contributed by atoms with van der Waals surface area (Å²) in [5, 5.41) is 0. The lowest BCUT2D eigenvalue weighted by atomic mass is 10.1. The molecule has 1 aliphatic carbocycles. The van der Waals surface area contributed by atoms with Crippen molar-refractivity contribution in [1.29, 1.82) is 0 Å². The van der Waals surface area contributed by atoms with Gasteiger partial charge in [-0.25, -0.2) is 4.39 Å². The lowest BCUT2D eigenvalue weighted by Crippen LogP contribution is -2.26. The van der Waals surface area contributed by atoms with Crippen LogP contribution in [0.2, 0.25) is 0 Å². The van der Waals surface area contributed by atoms with E-state index in [1.165, 1.54) is 25.8 Å². The molecule has 17 heavy (non-hydrogen) atoms. The zero-order valence-electron chi connectivity index (χ0n) is 10.4. The van der Waals surface area contributed by atoms with Crippen LogP contribution in [0.25, 0.3) is 0 Å². The van der Waals surface area contributed by atoms with Gasteiger partial charge in [-0.2, -0.15) is 0 Å². The number of carbonyl (C=O) groups is 1. The molecule has 1 saturated carbocycles. The molecule has 0 heterocycles. The first-order chi connectivity index (χ1) is 8.11. The van der Waals surface area contributed by atoms with Crippen molar-refractivity contribution in [3.05, 3.63) is 29.6 Å². The number of halogens is 1. The summed E-state index contributed by atoms with van der Waals surface area (Å²) in [5.74, 6) is 0.336. The number of ketones is 1. The number of hydrogen-bond donors (Lipinski definition) is 0. The van der Waals surface area contributed by atoms with Crippen molar-refractivity contribution in [2.45, 2.75) is 26.7 Å². The summed E-state index contributed by atoms with van der Waals surface area (Å²) in [5.41, 5.74) is 1.05. The zero-order chi connectivity index (χ0) is 12.4. The maximum absolute atomic E-state index is 13.9. The third kappa shape index (κ3) is 2.84. The van der Waals surface area contributed by atoms with Gasteiger partial charge < -0.3 is 4.90 Å². The number of anilines is 1. The van der Waals surface area contributed by atoms with E-state index >= 15 is 0 Å². The molecule has 0 radical (unpaired) electrons. The number of rotatable bonds is 5. The maximum Gasteiger partial charge on any atom is 0.159 e. The van der Waals surface area contributed by atoms with Crippen molar-refractivity contribution in [2.75, 3.05) is 18.0 Å². The summed E-state index contributed by atoms with van der Waals surface area (Å²) in [6, 6.07) is 4.77. The molecule has 92 valence electrons. The highest BCUT2D eigenvalue weighted by molar-refractivity contribution is 5.94. The van der Waals surface area contributed by atoms with Gasteiger partial charge in [0.05, 0.1) is 5.69 Å². The van der Waals surface area contributed by atoms with Gasteiger partial charge in [-0.3, -0.25) is 4.79 Å². The monoisotopic (exact) mass is 235 g/mol. The summed E-state index contributed by atoms with van der Waals surface area (Å²) in [7, 11) is 0. The van der Waals surface area contributed by atoms with Crippen LogP contribution in [0.1, 0.15) is 37.0 Å².